The molecule has 0 bridgehead atoms. The summed E-state index contributed by atoms with van der Waals surface area (Å²) >= 11 is 0. The molecule has 12 heteroatoms. The Balaban J connectivity index is 1.74. The molecule has 0 spiro atoms. The van der Waals surface area contributed by atoms with E-state index in [1.165, 1.54) is 23.1 Å². The molecule has 3 heterocycles. The number of aliphatic hydroxyl groups is 1. The van der Waals surface area contributed by atoms with E-state index in [0.717, 1.165) is 0 Å². The summed E-state index contributed by atoms with van der Waals surface area (Å²) in [4.78, 5) is 8.55. The summed E-state index contributed by atoms with van der Waals surface area (Å²) in [6.07, 6.45) is -1.96. The van der Waals surface area contributed by atoms with Gasteiger partial charge in [0.2, 0.25) is 0 Å². The average molecular weight is 516 g/mol. The highest BCUT2D eigenvalue weighted by atomic mass is 19.3. The largest absolute Gasteiger partial charge is 0.364 e. The molecule has 1 unspecified atom stereocenters. The lowest BCUT2D eigenvalue weighted by atomic mass is 10.1. The summed E-state index contributed by atoms with van der Waals surface area (Å²) in [6.45, 7) is 6.91. The van der Waals surface area contributed by atoms with E-state index in [1.807, 2.05) is 6.92 Å². The van der Waals surface area contributed by atoms with Crippen molar-refractivity contribution in [2.24, 2.45) is 0 Å². The maximum atomic E-state index is 13.5. The van der Waals surface area contributed by atoms with Crippen LogP contribution in [0.4, 0.5) is 24.8 Å². The van der Waals surface area contributed by atoms with Crippen LogP contribution in [-0.4, -0.2) is 47.7 Å². The summed E-state index contributed by atoms with van der Waals surface area (Å²) < 4.78 is 48.4. The number of nitrogens with one attached hydrogen (secondary N) is 1. The number of ether oxygens (including phenoxy) is 1. The van der Waals surface area contributed by atoms with Crippen molar-refractivity contribution in [3.63, 3.8) is 0 Å². The maximum Gasteiger partial charge on any atom is 0.258 e. The van der Waals surface area contributed by atoms with E-state index in [9.17, 15) is 18.3 Å². The van der Waals surface area contributed by atoms with Gasteiger partial charge in [-0.1, -0.05) is 6.92 Å². The number of aryl methyl sites for hydroxylation is 1. The molecule has 4 aromatic rings. The molecule has 0 saturated heterocycles. The second-order valence-electron chi connectivity index (χ2n) is 8.30. The van der Waals surface area contributed by atoms with Gasteiger partial charge in [0.15, 0.2) is 12.1 Å². The Hall–Kier alpha value is -3.77. The van der Waals surface area contributed by atoms with Gasteiger partial charge in [0.25, 0.3) is 6.43 Å². The summed E-state index contributed by atoms with van der Waals surface area (Å²) in [5.74, 6) is 0.694. The van der Waals surface area contributed by atoms with Gasteiger partial charge in [-0.15, -0.1) is 0 Å². The fourth-order valence-corrected chi connectivity index (χ4v) is 4.21. The lowest BCUT2D eigenvalue weighted by molar-refractivity contribution is -0.0986. The third-order valence-corrected chi connectivity index (χ3v) is 5.87. The Morgan fingerprint density at radius 3 is 2.46 bits per heavy atom. The summed E-state index contributed by atoms with van der Waals surface area (Å²) in [5.41, 5.74) is 3.54. The second kappa shape index (κ2) is 11.1. The molecule has 3 aromatic heterocycles. The lowest BCUT2D eigenvalue weighted by Crippen LogP contribution is -2.12. The molecule has 4 rings (SSSR count). The van der Waals surface area contributed by atoms with Crippen LogP contribution in [0.2, 0.25) is 0 Å². The number of hydrogen-bond acceptors (Lipinski definition) is 7. The highest BCUT2D eigenvalue weighted by molar-refractivity contribution is 5.72. The number of anilines is 2. The van der Waals surface area contributed by atoms with Crippen molar-refractivity contribution < 1.29 is 23.0 Å². The first kappa shape index (κ1) is 26.3. The fraction of sp³-hybridized carbons (Fsp3) is 0.360. The van der Waals surface area contributed by atoms with Gasteiger partial charge in [-0.2, -0.15) is 10.2 Å². The van der Waals surface area contributed by atoms with E-state index in [4.69, 9.17) is 4.74 Å². The van der Waals surface area contributed by atoms with E-state index < -0.39 is 25.1 Å². The van der Waals surface area contributed by atoms with Crippen LogP contribution in [0, 0.1) is 19.7 Å². The summed E-state index contributed by atoms with van der Waals surface area (Å²) in [7, 11) is 0. The van der Waals surface area contributed by atoms with Crippen molar-refractivity contribution in [3.8, 4) is 17.1 Å². The van der Waals surface area contributed by atoms with Gasteiger partial charge < -0.3 is 15.2 Å². The fourth-order valence-electron chi connectivity index (χ4n) is 4.21. The van der Waals surface area contributed by atoms with Crippen LogP contribution >= 0.6 is 0 Å². The summed E-state index contributed by atoms with van der Waals surface area (Å²) in [6, 6.07) is 7.35. The standard InChI is InChI=1S/C25H28F3N7O2/c1-5-18-23(16-7-9-17(26)10-8-16)33-34(12-19(27)28)24(18)31-20-11-21(30-13-29-20)35-15(4)22(14(3)32-35)25(36)37-6-2/h7-11,13,19,25,36H,5-6,12H2,1-4H3,(H,29,30,31). The van der Waals surface area contributed by atoms with Gasteiger partial charge in [0.1, 0.15) is 30.3 Å². The van der Waals surface area contributed by atoms with Gasteiger partial charge >= 0.3 is 0 Å². The van der Waals surface area contributed by atoms with E-state index in [2.05, 4.69) is 25.5 Å². The minimum absolute atomic E-state index is 0.332. The predicted octanol–water partition coefficient (Wildman–Crippen LogP) is 4.88. The van der Waals surface area contributed by atoms with Crippen LogP contribution in [0.3, 0.4) is 0 Å². The number of hydrogen-bond donors (Lipinski definition) is 2. The van der Waals surface area contributed by atoms with Crippen LogP contribution in [0.25, 0.3) is 17.1 Å². The average Bonchev–Trinajstić information content (AvgIpc) is 3.35. The number of benzene rings is 1. The van der Waals surface area contributed by atoms with Gasteiger partial charge in [-0.3, -0.25) is 0 Å². The first-order valence-electron chi connectivity index (χ1n) is 11.8. The van der Waals surface area contributed by atoms with Crippen molar-refractivity contribution in [1.29, 1.82) is 0 Å². The molecule has 9 nitrogen and oxygen atoms in total. The van der Waals surface area contributed by atoms with Crippen LogP contribution in [0.1, 0.15) is 42.7 Å². The third kappa shape index (κ3) is 5.49. The number of nitrogens with zero attached hydrogens (tertiary/aromatic N) is 6. The molecule has 1 atom stereocenters. The first-order valence-corrected chi connectivity index (χ1v) is 11.8. The monoisotopic (exact) mass is 515 g/mol. The van der Waals surface area contributed by atoms with E-state index in [-0.39, 0.29) is 0 Å². The zero-order chi connectivity index (χ0) is 26.7. The first-order chi connectivity index (χ1) is 17.7. The van der Waals surface area contributed by atoms with Crippen LogP contribution in [-0.2, 0) is 17.7 Å². The number of halogens is 3. The van der Waals surface area contributed by atoms with E-state index in [1.54, 1.807) is 43.7 Å². The van der Waals surface area contributed by atoms with E-state index in [0.29, 0.717) is 64.3 Å². The molecule has 0 aliphatic rings. The second-order valence-corrected chi connectivity index (χ2v) is 8.30. The minimum atomic E-state index is -2.64. The molecular weight excluding hydrogens is 487 g/mol. The molecule has 37 heavy (non-hydrogen) atoms. The van der Waals surface area contributed by atoms with Gasteiger partial charge in [-0.25, -0.2) is 32.5 Å². The van der Waals surface area contributed by atoms with Crippen molar-refractivity contribution in [3.05, 3.63) is 65.0 Å². The minimum Gasteiger partial charge on any atom is -0.364 e. The Labute approximate surface area is 211 Å². The van der Waals surface area contributed by atoms with Crippen molar-refractivity contribution in [2.45, 2.75) is 53.4 Å². The molecule has 0 aliphatic heterocycles. The number of aliphatic hydroxyl groups excluding tert-OH is 1. The molecule has 0 amide bonds. The summed E-state index contributed by atoms with van der Waals surface area (Å²) in [5, 5.41) is 22.4. The lowest BCUT2D eigenvalue weighted by Gasteiger charge is -2.13. The Kier molecular flexibility index (Phi) is 7.89. The van der Waals surface area contributed by atoms with Crippen molar-refractivity contribution in [2.75, 3.05) is 11.9 Å². The van der Waals surface area contributed by atoms with Gasteiger partial charge in [-0.05, 0) is 51.5 Å². The molecular formula is C25H28F3N7O2. The smallest absolute Gasteiger partial charge is 0.258 e. The van der Waals surface area contributed by atoms with Crippen LogP contribution < -0.4 is 5.32 Å². The van der Waals surface area contributed by atoms with Gasteiger partial charge in [0.05, 0.1) is 22.6 Å². The molecule has 1 aromatic carbocycles. The maximum absolute atomic E-state index is 13.5. The zero-order valence-electron chi connectivity index (χ0n) is 20.9. The molecule has 2 N–H and O–H groups in total. The molecule has 0 aliphatic carbocycles. The highest BCUT2D eigenvalue weighted by Crippen LogP contribution is 2.32. The van der Waals surface area contributed by atoms with Gasteiger partial charge in [0, 0.05) is 23.8 Å². The Morgan fingerprint density at radius 2 is 1.81 bits per heavy atom. The van der Waals surface area contributed by atoms with Crippen molar-refractivity contribution in [1.82, 2.24) is 29.5 Å². The number of rotatable bonds is 10. The molecule has 0 saturated carbocycles. The van der Waals surface area contributed by atoms with Crippen molar-refractivity contribution >= 4 is 11.6 Å². The Morgan fingerprint density at radius 1 is 1.08 bits per heavy atom. The third-order valence-electron chi connectivity index (χ3n) is 5.87. The highest BCUT2D eigenvalue weighted by Gasteiger charge is 2.23. The van der Waals surface area contributed by atoms with Crippen LogP contribution in [0.5, 0.6) is 0 Å². The Bertz CT molecular complexity index is 1370. The topological polar surface area (TPSA) is 103 Å². The zero-order valence-corrected chi connectivity index (χ0v) is 20.9. The number of alkyl halides is 2. The molecule has 0 radical (unpaired) electrons. The molecule has 196 valence electrons. The number of aromatic nitrogens is 6. The molecule has 0 fully saturated rings. The quantitative estimate of drug-likeness (QED) is 0.290. The predicted molar refractivity (Wildman–Crippen MR) is 131 cm³/mol. The van der Waals surface area contributed by atoms with Crippen LogP contribution in [0.15, 0.2) is 36.7 Å². The normalized spacial score (nSPS) is 12.4. The SMILES string of the molecule is CCOC(O)c1c(C)nn(-c2cc(Nc3c(CC)c(-c4ccc(F)cc4)nn3CC(F)F)ncn2)c1C. The van der Waals surface area contributed by atoms with E-state index >= 15 is 0 Å².